The lowest BCUT2D eigenvalue weighted by atomic mass is 9.94. The third-order valence-electron chi connectivity index (χ3n) is 5.26. The molecule has 5 rings (SSSR count). The van der Waals surface area contributed by atoms with E-state index in [4.69, 9.17) is 32.7 Å². The van der Waals surface area contributed by atoms with E-state index in [2.05, 4.69) is 10.3 Å². The van der Waals surface area contributed by atoms with Crippen LogP contribution in [0.1, 0.15) is 18.4 Å². The number of anilines is 1. The fraction of sp³-hybridized carbons (Fsp3) is 0.182. The Kier molecular flexibility index (Phi) is 4.37. The number of fused-ring (bicyclic) bond motifs is 1. The van der Waals surface area contributed by atoms with Gasteiger partial charge in [0.15, 0.2) is 11.5 Å². The number of rotatable bonds is 4. The number of amides is 1. The lowest BCUT2D eigenvalue weighted by molar-refractivity contribution is -0.118. The Balaban J connectivity index is 1.40. The van der Waals surface area contributed by atoms with Crippen molar-refractivity contribution in [3.63, 3.8) is 0 Å². The molecule has 5 nitrogen and oxygen atoms in total. The molecule has 2 heterocycles. The van der Waals surface area contributed by atoms with E-state index in [9.17, 15) is 4.79 Å². The van der Waals surface area contributed by atoms with Gasteiger partial charge in [-0.05, 0) is 60.9 Å². The van der Waals surface area contributed by atoms with E-state index in [-0.39, 0.29) is 12.7 Å². The summed E-state index contributed by atoms with van der Waals surface area (Å²) in [7, 11) is 0. The molecule has 1 aromatic heterocycles. The van der Waals surface area contributed by atoms with Crippen molar-refractivity contribution in [1.29, 1.82) is 0 Å². The van der Waals surface area contributed by atoms with Crippen LogP contribution in [0.5, 0.6) is 11.5 Å². The number of benzene rings is 2. The van der Waals surface area contributed by atoms with Crippen molar-refractivity contribution in [2.24, 2.45) is 0 Å². The molecule has 3 aromatic rings. The van der Waals surface area contributed by atoms with E-state index in [1.54, 1.807) is 24.3 Å². The van der Waals surface area contributed by atoms with Crippen molar-refractivity contribution in [3.8, 4) is 22.8 Å². The molecule has 0 spiro atoms. The highest BCUT2D eigenvalue weighted by Crippen LogP contribution is 2.51. The summed E-state index contributed by atoms with van der Waals surface area (Å²) < 4.78 is 10.8. The molecule has 0 bridgehead atoms. The molecular weight excluding hydrogens is 411 g/mol. The van der Waals surface area contributed by atoms with E-state index in [1.165, 1.54) is 0 Å². The maximum Gasteiger partial charge on any atom is 0.236 e. The van der Waals surface area contributed by atoms with Gasteiger partial charge in [-0.1, -0.05) is 35.3 Å². The minimum atomic E-state index is -0.558. The van der Waals surface area contributed by atoms with Crippen molar-refractivity contribution in [3.05, 3.63) is 70.2 Å². The second-order valence-corrected chi connectivity index (χ2v) is 8.04. The van der Waals surface area contributed by atoms with Gasteiger partial charge in [-0.15, -0.1) is 0 Å². The predicted octanol–water partition coefficient (Wildman–Crippen LogP) is 5.45. The monoisotopic (exact) mass is 426 g/mol. The number of carbonyl (C=O) groups is 1. The van der Waals surface area contributed by atoms with Crippen LogP contribution in [-0.2, 0) is 10.2 Å². The van der Waals surface area contributed by atoms with Crippen molar-refractivity contribution in [2.75, 3.05) is 12.1 Å². The number of hydrogen-bond acceptors (Lipinski definition) is 4. The van der Waals surface area contributed by atoms with E-state index >= 15 is 0 Å². The topological polar surface area (TPSA) is 60.5 Å². The molecule has 0 radical (unpaired) electrons. The highest BCUT2D eigenvalue weighted by atomic mass is 35.5. The summed E-state index contributed by atoms with van der Waals surface area (Å²) in [5.41, 5.74) is 1.84. The van der Waals surface area contributed by atoms with Crippen molar-refractivity contribution in [2.45, 2.75) is 18.3 Å². The number of halogens is 2. The first kappa shape index (κ1) is 18.3. The summed E-state index contributed by atoms with van der Waals surface area (Å²) in [6.07, 6.45) is 1.56. The molecule has 1 amide bonds. The summed E-state index contributed by atoms with van der Waals surface area (Å²) in [6, 6.07) is 16.4. The maximum absolute atomic E-state index is 13.1. The van der Waals surface area contributed by atoms with Crippen LogP contribution < -0.4 is 14.8 Å². The first-order valence-electron chi connectivity index (χ1n) is 9.19. The molecule has 1 saturated carbocycles. The Bertz CT molecular complexity index is 1110. The average Bonchev–Trinajstić information content (AvgIpc) is 3.38. The van der Waals surface area contributed by atoms with Crippen molar-refractivity contribution >= 4 is 34.9 Å². The number of carbonyl (C=O) groups excluding carboxylic acids is 1. The number of nitrogens with one attached hydrogen (secondary N) is 1. The van der Waals surface area contributed by atoms with Crippen LogP contribution >= 0.6 is 23.2 Å². The standard InChI is InChI=1S/C22H16Cl2N2O3/c23-15-8-13(9-16(24)11-15)17-2-1-3-20(25-17)26-21(27)22(6-7-22)14-4-5-18-19(10-14)29-12-28-18/h1-5,8-11H,6-7,12H2,(H,25,26,27). The SMILES string of the molecule is O=C(Nc1cccc(-c2cc(Cl)cc(Cl)c2)n1)C1(c2ccc3c(c2)OCO3)CC1. The highest BCUT2D eigenvalue weighted by molar-refractivity contribution is 6.35. The van der Waals surface area contributed by atoms with Gasteiger partial charge in [0.25, 0.3) is 0 Å². The Morgan fingerprint density at radius 3 is 2.48 bits per heavy atom. The molecular formula is C22H16Cl2N2O3. The van der Waals surface area contributed by atoms with Crippen molar-refractivity contribution < 1.29 is 14.3 Å². The lowest BCUT2D eigenvalue weighted by Crippen LogP contribution is -2.28. The summed E-state index contributed by atoms with van der Waals surface area (Å²) in [4.78, 5) is 17.7. The summed E-state index contributed by atoms with van der Waals surface area (Å²) in [5.74, 6) is 1.79. The van der Waals surface area contributed by atoms with Crippen LogP contribution in [0, 0.1) is 0 Å². The minimum Gasteiger partial charge on any atom is -0.454 e. The van der Waals surface area contributed by atoms with Crippen LogP contribution in [0.25, 0.3) is 11.3 Å². The van der Waals surface area contributed by atoms with Crippen LogP contribution in [0.15, 0.2) is 54.6 Å². The van der Waals surface area contributed by atoms with Gasteiger partial charge in [0, 0.05) is 15.6 Å². The van der Waals surface area contributed by atoms with Crippen LogP contribution in [0.3, 0.4) is 0 Å². The molecule has 0 atom stereocenters. The molecule has 7 heteroatoms. The summed E-state index contributed by atoms with van der Waals surface area (Å²) in [6.45, 7) is 0.211. The van der Waals surface area contributed by atoms with Gasteiger partial charge >= 0.3 is 0 Å². The largest absolute Gasteiger partial charge is 0.454 e. The van der Waals surface area contributed by atoms with E-state index in [1.807, 2.05) is 30.3 Å². The third-order valence-corrected chi connectivity index (χ3v) is 5.70. The number of aromatic nitrogens is 1. The Morgan fingerprint density at radius 1 is 0.966 bits per heavy atom. The molecule has 29 heavy (non-hydrogen) atoms. The highest BCUT2D eigenvalue weighted by Gasteiger charge is 2.51. The normalized spacial score (nSPS) is 15.8. The Labute approximate surface area is 177 Å². The molecule has 1 aliphatic heterocycles. The quantitative estimate of drug-likeness (QED) is 0.601. The van der Waals surface area contributed by atoms with Gasteiger partial charge in [-0.3, -0.25) is 4.79 Å². The Hall–Kier alpha value is -2.76. The average molecular weight is 427 g/mol. The molecule has 0 unspecified atom stereocenters. The number of ether oxygens (including phenoxy) is 2. The second kappa shape index (κ2) is 6.94. The van der Waals surface area contributed by atoms with Crippen LogP contribution in [-0.4, -0.2) is 17.7 Å². The fourth-order valence-electron chi connectivity index (χ4n) is 3.57. The minimum absolute atomic E-state index is 0.0786. The number of pyridine rings is 1. The molecule has 2 aromatic carbocycles. The number of hydrogen-bond donors (Lipinski definition) is 1. The summed E-state index contributed by atoms with van der Waals surface area (Å²) in [5, 5.41) is 4.02. The number of nitrogens with zero attached hydrogens (tertiary/aromatic N) is 1. The maximum atomic E-state index is 13.1. The van der Waals surface area contributed by atoms with Gasteiger partial charge in [0.2, 0.25) is 12.7 Å². The molecule has 1 aliphatic carbocycles. The van der Waals surface area contributed by atoms with Gasteiger partial charge in [-0.25, -0.2) is 4.98 Å². The van der Waals surface area contributed by atoms with Crippen molar-refractivity contribution in [1.82, 2.24) is 4.98 Å². The smallest absolute Gasteiger partial charge is 0.236 e. The van der Waals surface area contributed by atoms with E-state index < -0.39 is 5.41 Å². The second-order valence-electron chi connectivity index (χ2n) is 7.17. The van der Waals surface area contributed by atoms with Gasteiger partial charge in [0.1, 0.15) is 5.82 Å². The lowest BCUT2D eigenvalue weighted by Gasteiger charge is -2.16. The molecule has 1 N–H and O–H groups in total. The zero-order valence-corrected chi connectivity index (χ0v) is 16.8. The zero-order valence-electron chi connectivity index (χ0n) is 15.2. The van der Waals surface area contributed by atoms with Gasteiger partial charge in [0.05, 0.1) is 11.1 Å². The van der Waals surface area contributed by atoms with E-state index in [0.717, 1.165) is 24.0 Å². The first-order chi connectivity index (χ1) is 14.0. The zero-order chi connectivity index (χ0) is 20.0. The van der Waals surface area contributed by atoms with Crippen LogP contribution in [0.2, 0.25) is 10.0 Å². The van der Waals surface area contributed by atoms with E-state index in [0.29, 0.717) is 33.1 Å². The fourth-order valence-corrected chi connectivity index (χ4v) is 4.09. The Morgan fingerprint density at radius 2 is 1.72 bits per heavy atom. The molecule has 0 saturated heterocycles. The van der Waals surface area contributed by atoms with Gasteiger partial charge in [-0.2, -0.15) is 0 Å². The first-order valence-corrected chi connectivity index (χ1v) is 9.94. The molecule has 146 valence electrons. The third kappa shape index (κ3) is 3.41. The van der Waals surface area contributed by atoms with Gasteiger partial charge < -0.3 is 14.8 Å². The summed E-state index contributed by atoms with van der Waals surface area (Å²) >= 11 is 12.2. The van der Waals surface area contributed by atoms with Crippen LogP contribution in [0.4, 0.5) is 5.82 Å². The molecule has 2 aliphatic rings. The molecule has 1 fully saturated rings. The predicted molar refractivity (Wildman–Crippen MR) is 112 cm³/mol.